The van der Waals surface area contributed by atoms with Crippen molar-refractivity contribution in [2.75, 3.05) is 7.04 Å². The molecule has 0 aliphatic carbocycles. The van der Waals surface area contributed by atoms with E-state index in [1.807, 2.05) is 0 Å². The average Bonchev–Trinajstić information content (AvgIpc) is 2.25. The Bertz CT molecular complexity index is 738. The van der Waals surface area contributed by atoms with Crippen LogP contribution in [0.15, 0.2) is 18.2 Å². The van der Waals surface area contributed by atoms with Crippen molar-refractivity contribution in [2.24, 2.45) is 0 Å². The fourth-order valence-electron chi connectivity index (χ4n) is 1.64. The summed E-state index contributed by atoms with van der Waals surface area (Å²) >= 11 is 0. The molecule has 0 fully saturated rings. The number of rotatable bonds is 1. The molecule has 86 valence electrons. The first-order chi connectivity index (χ1) is 9.23. The van der Waals surface area contributed by atoms with Crippen molar-refractivity contribution in [3.05, 3.63) is 29.6 Å². The highest BCUT2D eigenvalue weighted by Crippen LogP contribution is 2.39. The molecule has 0 saturated heterocycles. The van der Waals surface area contributed by atoms with E-state index in [9.17, 15) is 14.6 Å². The van der Waals surface area contributed by atoms with Crippen LogP contribution in [0.25, 0.3) is 10.8 Å². The number of methoxy groups -OCH3 is 1. The number of phenols is 2. The van der Waals surface area contributed by atoms with E-state index in [0.717, 1.165) is 18.2 Å². The van der Waals surface area contributed by atoms with E-state index in [1.165, 1.54) is 6.07 Å². The van der Waals surface area contributed by atoms with Crippen LogP contribution in [0, 0.1) is 17.1 Å². The van der Waals surface area contributed by atoms with Gasteiger partial charge in [-0.25, -0.2) is 4.39 Å². The van der Waals surface area contributed by atoms with Crippen LogP contribution in [0.2, 0.25) is 0 Å². The van der Waals surface area contributed by atoms with Gasteiger partial charge in [-0.15, -0.1) is 0 Å². The van der Waals surface area contributed by atoms with Crippen LogP contribution in [0.1, 0.15) is 9.68 Å². The Morgan fingerprint density at radius 1 is 1.41 bits per heavy atom. The summed E-state index contributed by atoms with van der Waals surface area (Å²) in [6.45, 7) is 0. The summed E-state index contributed by atoms with van der Waals surface area (Å²) in [6, 6.07) is 4.45. The van der Waals surface area contributed by atoms with Gasteiger partial charge >= 0.3 is 0 Å². The lowest BCUT2D eigenvalue weighted by atomic mass is 10.0. The lowest BCUT2D eigenvalue weighted by Gasteiger charge is -2.10. The first-order valence-corrected chi connectivity index (χ1v) is 4.50. The van der Waals surface area contributed by atoms with Gasteiger partial charge in [-0.1, -0.05) is 0 Å². The van der Waals surface area contributed by atoms with Crippen molar-refractivity contribution >= 4 is 10.8 Å². The zero-order chi connectivity index (χ0) is 15.1. The molecular weight excluding hydrogens is 225 g/mol. The molecule has 0 atom stereocenters. The first-order valence-electron chi connectivity index (χ1n) is 6.00. The van der Waals surface area contributed by atoms with Gasteiger partial charge in [0.1, 0.15) is 28.9 Å². The molecule has 5 heteroatoms. The number of ether oxygens (including phenoxy) is 1. The van der Waals surface area contributed by atoms with Crippen LogP contribution >= 0.6 is 0 Å². The predicted octanol–water partition coefficient (Wildman–Crippen LogP) is 2.27. The van der Waals surface area contributed by atoms with Crippen molar-refractivity contribution in [3.63, 3.8) is 0 Å². The van der Waals surface area contributed by atoms with Crippen LogP contribution in [-0.2, 0) is 0 Å². The van der Waals surface area contributed by atoms with Gasteiger partial charge in [0.05, 0.1) is 16.5 Å². The smallest absolute Gasteiger partial charge is 0.151 e. The predicted molar refractivity (Wildman–Crippen MR) is 58.5 cm³/mol. The highest BCUT2D eigenvalue weighted by Gasteiger charge is 2.17. The molecule has 0 aliphatic heterocycles. The quantitative estimate of drug-likeness (QED) is 0.796. The fraction of sp³-hybridized carbons (Fsp3) is 0.0833. The number of phenolic OH excluding ortho intramolecular Hbond substituents is 2. The molecule has 0 saturated carbocycles. The SMILES string of the molecule is [2H]C([2H])([2H])Oc1c(C#N)c(F)cc2cc(O)cc(O)c12. The highest BCUT2D eigenvalue weighted by atomic mass is 19.1. The van der Waals surface area contributed by atoms with E-state index in [0.29, 0.717) is 0 Å². The standard InChI is InChI=1S/C12H8FNO3/c1-17-12-8(5-14)9(13)3-6-2-7(15)4-10(16)11(6)12/h2-4,15-16H,1H3/i1D3. The number of hydrogen-bond donors (Lipinski definition) is 2. The third-order valence-corrected chi connectivity index (χ3v) is 2.32. The molecule has 0 spiro atoms. The van der Waals surface area contributed by atoms with Gasteiger partial charge < -0.3 is 14.9 Å². The van der Waals surface area contributed by atoms with Crippen molar-refractivity contribution in [1.29, 1.82) is 5.26 Å². The third kappa shape index (κ3) is 1.60. The van der Waals surface area contributed by atoms with Crippen LogP contribution in [0.3, 0.4) is 0 Å². The second-order valence-corrected chi connectivity index (χ2v) is 3.34. The van der Waals surface area contributed by atoms with E-state index < -0.39 is 29.9 Å². The summed E-state index contributed by atoms with van der Waals surface area (Å²) < 4.78 is 39.5. The van der Waals surface area contributed by atoms with Gasteiger partial charge in [0, 0.05) is 6.07 Å². The fourth-order valence-corrected chi connectivity index (χ4v) is 1.64. The average molecular weight is 236 g/mol. The van der Waals surface area contributed by atoms with Gasteiger partial charge in [-0.2, -0.15) is 5.26 Å². The lowest BCUT2D eigenvalue weighted by molar-refractivity contribution is 0.410. The molecule has 0 heterocycles. The lowest BCUT2D eigenvalue weighted by Crippen LogP contribution is -1.94. The largest absolute Gasteiger partial charge is 0.508 e. The summed E-state index contributed by atoms with van der Waals surface area (Å²) in [7, 11) is -2.92. The van der Waals surface area contributed by atoms with Gasteiger partial charge in [0.25, 0.3) is 0 Å². The highest BCUT2D eigenvalue weighted by molar-refractivity contribution is 5.96. The second kappa shape index (κ2) is 3.83. The molecule has 2 aromatic carbocycles. The molecule has 0 bridgehead atoms. The Morgan fingerprint density at radius 3 is 2.82 bits per heavy atom. The molecule has 2 aromatic rings. The molecular formula is C12H8FNO3. The summed E-state index contributed by atoms with van der Waals surface area (Å²) in [5, 5.41) is 27.9. The Morgan fingerprint density at radius 2 is 2.18 bits per heavy atom. The Labute approximate surface area is 100 Å². The van der Waals surface area contributed by atoms with Crippen LogP contribution in [0.5, 0.6) is 17.2 Å². The van der Waals surface area contributed by atoms with E-state index in [1.54, 1.807) is 0 Å². The number of benzene rings is 2. The molecule has 2 N–H and O–H groups in total. The van der Waals surface area contributed by atoms with Gasteiger partial charge in [-0.05, 0) is 17.5 Å². The summed E-state index contributed by atoms with van der Waals surface area (Å²) in [6.07, 6.45) is 0. The third-order valence-electron chi connectivity index (χ3n) is 2.32. The summed E-state index contributed by atoms with van der Waals surface area (Å²) in [5.41, 5.74) is -0.630. The van der Waals surface area contributed by atoms with Crippen molar-refractivity contribution in [3.8, 4) is 23.3 Å². The Hall–Kier alpha value is -2.48. The van der Waals surface area contributed by atoms with Crippen molar-refractivity contribution in [1.82, 2.24) is 0 Å². The number of fused-ring (bicyclic) bond motifs is 1. The van der Waals surface area contributed by atoms with Crippen LogP contribution < -0.4 is 4.74 Å². The van der Waals surface area contributed by atoms with E-state index in [2.05, 4.69) is 4.74 Å². The Kier molecular flexibility index (Phi) is 1.74. The summed E-state index contributed by atoms with van der Waals surface area (Å²) in [5.74, 6) is -2.45. The minimum Gasteiger partial charge on any atom is -0.508 e. The molecule has 4 nitrogen and oxygen atoms in total. The van der Waals surface area contributed by atoms with Crippen LogP contribution in [-0.4, -0.2) is 17.3 Å². The molecule has 0 aliphatic rings. The van der Waals surface area contributed by atoms with Gasteiger partial charge in [0.15, 0.2) is 5.75 Å². The number of aromatic hydroxyl groups is 2. The van der Waals surface area contributed by atoms with Crippen LogP contribution in [0.4, 0.5) is 4.39 Å². The molecule has 0 unspecified atom stereocenters. The monoisotopic (exact) mass is 236 g/mol. The van der Waals surface area contributed by atoms with Crippen molar-refractivity contribution in [2.45, 2.75) is 0 Å². The normalized spacial score (nSPS) is 13.5. The molecule has 2 rings (SSSR count). The maximum atomic E-state index is 13.8. The van der Waals surface area contributed by atoms with Crippen molar-refractivity contribution < 1.29 is 23.5 Å². The van der Waals surface area contributed by atoms with E-state index in [-0.39, 0.29) is 16.5 Å². The second-order valence-electron chi connectivity index (χ2n) is 3.34. The topological polar surface area (TPSA) is 73.5 Å². The molecule has 0 aromatic heterocycles. The number of nitrogens with zero attached hydrogens (tertiary/aromatic N) is 1. The Balaban J connectivity index is 2.89. The number of nitriles is 1. The first kappa shape index (κ1) is 7.74. The summed E-state index contributed by atoms with van der Waals surface area (Å²) in [4.78, 5) is 0. The minimum absolute atomic E-state index is 0.0123. The minimum atomic E-state index is -2.92. The van der Waals surface area contributed by atoms with E-state index >= 15 is 0 Å². The maximum Gasteiger partial charge on any atom is 0.151 e. The zero-order valence-corrected chi connectivity index (χ0v) is 8.36. The van der Waals surface area contributed by atoms with Gasteiger partial charge in [0.2, 0.25) is 0 Å². The number of halogens is 1. The zero-order valence-electron chi connectivity index (χ0n) is 11.4. The number of hydrogen-bond acceptors (Lipinski definition) is 4. The van der Waals surface area contributed by atoms with Gasteiger partial charge in [-0.3, -0.25) is 0 Å². The molecule has 0 amide bonds. The maximum absolute atomic E-state index is 13.8. The van der Waals surface area contributed by atoms with E-state index in [4.69, 9.17) is 9.37 Å². The molecule has 0 radical (unpaired) electrons. The molecule has 17 heavy (non-hydrogen) atoms.